The number of Topliss-reactive ketones (excluding diaryl/α,β-unsaturated/α-hetero) is 2. The van der Waals surface area contributed by atoms with E-state index in [0.717, 1.165) is 10.0 Å². The van der Waals surface area contributed by atoms with Gasteiger partial charge in [-0.15, -0.1) is 0 Å². The molecule has 0 saturated heterocycles. The fourth-order valence-electron chi connectivity index (χ4n) is 5.10. The number of benzene rings is 3. The maximum absolute atomic E-state index is 13.8. The molecule has 5 rings (SSSR count). The number of aryl methyl sites for hydroxylation is 1. The molecule has 4 nitrogen and oxygen atoms in total. The van der Waals surface area contributed by atoms with E-state index in [0.29, 0.717) is 22.4 Å². The number of hydrogen-bond acceptors (Lipinski definition) is 4. The van der Waals surface area contributed by atoms with Gasteiger partial charge in [0.1, 0.15) is 5.75 Å². The number of ketones is 2. The average Bonchev–Trinajstić information content (AvgIpc) is 3.37. The van der Waals surface area contributed by atoms with Crippen LogP contribution in [-0.4, -0.2) is 17.5 Å². The van der Waals surface area contributed by atoms with E-state index in [4.69, 9.17) is 4.74 Å². The van der Waals surface area contributed by atoms with Gasteiger partial charge in [-0.05, 0) is 25.1 Å². The number of hydrogen-bond donors (Lipinski definition) is 0. The Kier molecular flexibility index (Phi) is 4.31. The highest BCUT2D eigenvalue weighted by Crippen LogP contribution is 2.79. The highest BCUT2D eigenvalue weighted by atomic mass is 79.9. The second-order valence-corrected chi connectivity index (χ2v) is 9.32. The topological polar surface area (TPSA) is 60.4 Å². The standard InChI is InChI=1S/C26H19BrO4/c1-15-8-10-17(11-9-15)22(28)25(2)21-19-14-18(27)12-13-20(19)31-24(30)26(21,25)23(29)16-6-4-3-5-7-16/h3-14,21H,1-2H3/t21-,25+,26-/m1/s1. The third kappa shape index (κ3) is 2.56. The fraction of sp³-hybridized carbons (Fsp3) is 0.192. The smallest absolute Gasteiger partial charge is 0.327 e. The van der Waals surface area contributed by atoms with Crippen molar-refractivity contribution in [3.63, 3.8) is 0 Å². The Balaban J connectivity index is 1.73. The molecule has 0 spiro atoms. The first-order chi connectivity index (χ1) is 14.8. The van der Waals surface area contributed by atoms with E-state index < -0.39 is 22.7 Å². The number of halogens is 1. The monoisotopic (exact) mass is 474 g/mol. The number of rotatable bonds is 4. The second kappa shape index (κ2) is 6.72. The first-order valence-corrected chi connectivity index (χ1v) is 10.8. The zero-order valence-corrected chi connectivity index (χ0v) is 18.6. The van der Waals surface area contributed by atoms with Crippen LogP contribution in [0.2, 0.25) is 0 Å². The van der Waals surface area contributed by atoms with Crippen LogP contribution in [0.15, 0.2) is 77.3 Å². The van der Waals surface area contributed by atoms with E-state index in [9.17, 15) is 14.4 Å². The molecule has 1 fully saturated rings. The van der Waals surface area contributed by atoms with Crippen LogP contribution < -0.4 is 4.74 Å². The molecule has 0 unspecified atom stereocenters. The lowest BCUT2D eigenvalue weighted by atomic mass is 9.82. The van der Waals surface area contributed by atoms with Crippen molar-refractivity contribution < 1.29 is 19.1 Å². The van der Waals surface area contributed by atoms with Crippen LogP contribution in [-0.2, 0) is 4.79 Å². The van der Waals surface area contributed by atoms with Gasteiger partial charge in [-0.25, -0.2) is 0 Å². The Bertz CT molecular complexity index is 1250. The maximum atomic E-state index is 13.8. The lowest BCUT2D eigenvalue weighted by molar-refractivity contribution is -0.140. The van der Waals surface area contributed by atoms with Crippen LogP contribution in [0.3, 0.4) is 0 Å². The predicted octanol–water partition coefficient (Wildman–Crippen LogP) is 5.53. The lowest BCUT2D eigenvalue weighted by Gasteiger charge is -2.23. The van der Waals surface area contributed by atoms with Gasteiger partial charge in [0.25, 0.3) is 0 Å². The Labute approximate surface area is 188 Å². The molecule has 2 aliphatic rings. The van der Waals surface area contributed by atoms with Crippen molar-refractivity contribution in [2.24, 2.45) is 10.8 Å². The highest BCUT2D eigenvalue weighted by molar-refractivity contribution is 9.10. The normalized spacial score (nSPS) is 25.8. The number of esters is 1. The summed E-state index contributed by atoms with van der Waals surface area (Å²) < 4.78 is 6.45. The van der Waals surface area contributed by atoms with Gasteiger partial charge in [-0.1, -0.05) is 83.0 Å². The summed E-state index contributed by atoms with van der Waals surface area (Å²) in [5.74, 6) is -1.47. The van der Waals surface area contributed by atoms with Crippen LogP contribution in [0, 0.1) is 17.8 Å². The molecular formula is C26H19BrO4. The van der Waals surface area contributed by atoms with Crippen LogP contribution in [0.1, 0.15) is 44.7 Å². The summed E-state index contributed by atoms with van der Waals surface area (Å²) in [5, 5.41) is 0. The molecule has 1 heterocycles. The van der Waals surface area contributed by atoms with Crippen molar-refractivity contribution in [1.82, 2.24) is 0 Å². The molecule has 0 bridgehead atoms. The van der Waals surface area contributed by atoms with Gasteiger partial charge in [0.2, 0.25) is 0 Å². The van der Waals surface area contributed by atoms with Crippen molar-refractivity contribution in [3.05, 3.63) is 99.5 Å². The van der Waals surface area contributed by atoms with Crippen molar-refractivity contribution in [2.75, 3.05) is 0 Å². The second-order valence-electron chi connectivity index (χ2n) is 8.41. The Morgan fingerprint density at radius 3 is 2.23 bits per heavy atom. The molecule has 3 aromatic carbocycles. The lowest BCUT2D eigenvalue weighted by Crippen LogP contribution is -2.39. The summed E-state index contributed by atoms with van der Waals surface area (Å²) in [5.41, 5.74) is -0.252. The summed E-state index contributed by atoms with van der Waals surface area (Å²) in [6, 6.07) is 21.2. The molecule has 0 radical (unpaired) electrons. The van der Waals surface area contributed by atoms with Gasteiger partial charge in [0.05, 0.1) is 5.41 Å². The van der Waals surface area contributed by atoms with Gasteiger partial charge in [0, 0.05) is 27.1 Å². The van der Waals surface area contributed by atoms with E-state index in [-0.39, 0.29) is 11.6 Å². The zero-order valence-electron chi connectivity index (χ0n) is 17.0. The van der Waals surface area contributed by atoms with Gasteiger partial charge < -0.3 is 4.74 Å². The summed E-state index contributed by atoms with van der Waals surface area (Å²) in [6.07, 6.45) is 0. The highest BCUT2D eigenvalue weighted by Gasteiger charge is 2.87. The number of ether oxygens (including phenoxy) is 1. The van der Waals surface area contributed by atoms with Crippen LogP contribution in [0.25, 0.3) is 0 Å². The summed E-state index contributed by atoms with van der Waals surface area (Å²) in [6.45, 7) is 3.66. The van der Waals surface area contributed by atoms with E-state index in [2.05, 4.69) is 15.9 Å². The molecule has 0 N–H and O–H groups in total. The number of carbonyl (C=O) groups is 3. The van der Waals surface area contributed by atoms with Crippen LogP contribution in [0.4, 0.5) is 0 Å². The van der Waals surface area contributed by atoms with Gasteiger partial charge in [-0.3, -0.25) is 14.4 Å². The van der Waals surface area contributed by atoms with E-state index in [1.54, 1.807) is 61.5 Å². The maximum Gasteiger partial charge on any atom is 0.327 e. The molecule has 1 aliphatic carbocycles. The molecule has 3 aromatic rings. The number of fused-ring (bicyclic) bond motifs is 3. The Morgan fingerprint density at radius 2 is 1.55 bits per heavy atom. The summed E-state index contributed by atoms with van der Waals surface area (Å²) in [4.78, 5) is 41.0. The van der Waals surface area contributed by atoms with Gasteiger partial charge >= 0.3 is 5.97 Å². The molecule has 154 valence electrons. The van der Waals surface area contributed by atoms with Crippen LogP contribution in [0.5, 0.6) is 5.75 Å². The summed E-state index contributed by atoms with van der Waals surface area (Å²) in [7, 11) is 0. The van der Waals surface area contributed by atoms with Crippen molar-refractivity contribution in [3.8, 4) is 5.75 Å². The third-order valence-electron chi connectivity index (χ3n) is 6.73. The van der Waals surface area contributed by atoms with Crippen LogP contribution >= 0.6 is 15.9 Å². The largest absolute Gasteiger partial charge is 0.425 e. The minimum atomic E-state index is -1.59. The SMILES string of the molecule is Cc1ccc(C(=O)[C@]2(C)[C@H]3c4cc(Br)ccc4OC(=O)[C@]32C(=O)c2ccccc2)cc1. The van der Waals surface area contributed by atoms with E-state index in [1.165, 1.54) is 0 Å². The van der Waals surface area contributed by atoms with Crippen molar-refractivity contribution >= 4 is 33.5 Å². The third-order valence-corrected chi connectivity index (χ3v) is 7.23. The summed E-state index contributed by atoms with van der Waals surface area (Å²) >= 11 is 3.47. The minimum Gasteiger partial charge on any atom is -0.425 e. The zero-order chi connectivity index (χ0) is 22.0. The van der Waals surface area contributed by atoms with E-state index >= 15 is 0 Å². The van der Waals surface area contributed by atoms with Gasteiger partial charge in [-0.2, -0.15) is 0 Å². The Hall–Kier alpha value is -3.05. The first kappa shape index (κ1) is 19.9. The van der Waals surface area contributed by atoms with Crippen molar-refractivity contribution in [1.29, 1.82) is 0 Å². The molecule has 0 amide bonds. The predicted molar refractivity (Wildman–Crippen MR) is 119 cm³/mol. The minimum absolute atomic E-state index is 0.230. The molecule has 0 aromatic heterocycles. The molecular weight excluding hydrogens is 456 g/mol. The number of carbonyl (C=O) groups excluding carboxylic acids is 3. The molecule has 1 aliphatic heterocycles. The Morgan fingerprint density at radius 1 is 0.903 bits per heavy atom. The molecule has 3 atom stereocenters. The fourth-order valence-corrected chi connectivity index (χ4v) is 5.48. The first-order valence-electron chi connectivity index (χ1n) is 10.0. The quantitative estimate of drug-likeness (QED) is 0.216. The molecule has 5 heteroatoms. The average molecular weight is 475 g/mol. The van der Waals surface area contributed by atoms with Crippen molar-refractivity contribution in [2.45, 2.75) is 19.8 Å². The van der Waals surface area contributed by atoms with Gasteiger partial charge in [0.15, 0.2) is 17.0 Å². The van der Waals surface area contributed by atoms with E-state index in [1.807, 2.05) is 25.1 Å². The molecule has 1 saturated carbocycles. The molecule has 31 heavy (non-hydrogen) atoms.